The molecule has 2 amide bonds. The molecule has 2 aromatic heterocycles. The Bertz CT molecular complexity index is 1070. The third kappa shape index (κ3) is 5.07. The Morgan fingerprint density at radius 2 is 2.03 bits per heavy atom. The van der Waals surface area contributed by atoms with Gasteiger partial charge in [0.2, 0.25) is 5.91 Å². The highest BCUT2D eigenvalue weighted by molar-refractivity contribution is 8.00. The second-order valence-electron chi connectivity index (χ2n) is 6.43. The molecule has 2 heterocycles. The molecular weight excluding hydrogens is 428 g/mol. The zero-order chi connectivity index (χ0) is 21.0. The van der Waals surface area contributed by atoms with Crippen LogP contribution < -0.4 is 10.6 Å². The molecule has 0 spiro atoms. The molecule has 0 unspecified atom stereocenters. The predicted octanol–water partition coefficient (Wildman–Crippen LogP) is 4.83. The van der Waals surface area contributed by atoms with Crippen molar-refractivity contribution >= 4 is 62.4 Å². The summed E-state index contributed by atoms with van der Waals surface area (Å²) >= 11 is 9.21. The zero-order valence-corrected chi connectivity index (χ0v) is 18.7. The maximum absolute atomic E-state index is 12.4. The molecular formula is C20H21ClN4O2S2. The Labute approximate surface area is 182 Å². The summed E-state index contributed by atoms with van der Waals surface area (Å²) in [5.41, 5.74) is 2.08. The standard InChI is InChI=1S/C20H21ClN4O2S2/c1-4-7-22-18(27)14-6-5-13(8-15(14)21)25-16(26)9-28-19-17-11(2)12(3)29-20(17)24-10-23-19/h5-6,8,10H,4,7,9H2,1-3H3,(H,22,27)(H,25,26). The largest absolute Gasteiger partial charge is 0.352 e. The first-order valence-corrected chi connectivity index (χ1v) is 11.3. The van der Waals surface area contributed by atoms with Crippen LogP contribution in [0.15, 0.2) is 29.6 Å². The Morgan fingerprint density at radius 1 is 1.24 bits per heavy atom. The van der Waals surface area contributed by atoms with Crippen molar-refractivity contribution in [2.24, 2.45) is 0 Å². The Kier molecular flexibility index (Phi) is 7.10. The number of carbonyl (C=O) groups excluding carboxylic acids is 2. The highest BCUT2D eigenvalue weighted by atomic mass is 35.5. The van der Waals surface area contributed by atoms with Crippen molar-refractivity contribution in [2.45, 2.75) is 32.2 Å². The van der Waals surface area contributed by atoms with Gasteiger partial charge in [0, 0.05) is 22.5 Å². The number of carbonyl (C=O) groups is 2. The van der Waals surface area contributed by atoms with Gasteiger partial charge in [-0.05, 0) is 44.0 Å². The molecule has 3 rings (SSSR count). The molecule has 29 heavy (non-hydrogen) atoms. The van der Waals surface area contributed by atoms with Crippen LogP contribution in [0.1, 0.15) is 34.1 Å². The molecule has 0 bridgehead atoms. The monoisotopic (exact) mass is 448 g/mol. The fourth-order valence-corrected chi connectivity index (χ4v) is 4.88. The molecule has 6 nitrogen and oxygen atoms in total. The molecule has 0 atom stereocenters. The van der Waals surface area contributed by atoms with E-state index in [9.17, 15) is 9.59 Å². The minimum Gasteiger partial charge on any atom is -0.352 e. The van der Waals surface area contributed by atoms with Crippen LogP contribution in [0, 0.1) is 13.8 Å². The molecule has 1 aromatic carbocycles. The third-order valence-corrected chi connectivity index (χ3v) is 6.72. The number of aryl methyl sites for hydroxylation is 2. The van der Waals surface area contributed by atoms with Gasteiger partial charge in [-0.15, -0.1) is 11.3 Å². The summed E-state index contributed by atoms with van der Waals surface area (Å²) in [5.74, 6) is -0.193. The van der Waals surface area contributed by atoms with Crippen molar-refractivity contribution in [2.75, 3.05) is 17.6 Å². The van der Waals surface area contributed by atoms with Gasteiger partial charge in [0.05, 0.1) is 16.3 Å². The van der Waals surface area contributed by atoms with E-state index in [0.717, 1.165) is 27.2 Å². The molecule has 0 fully saturated rings. The lowest BCUT2D eigenvalue weighted by atomic mass is 10.2. The van der Waals surface area contributed by atoms with Gasteiger partial charge in [0.1, 0.15) is 16.2 Å². The van der Waals surface area contributed by atoms with Crippen molar-refractivity contribution < 1.29 is 9.59 Å². The Balaban J connectivity index is 1.64. The van der Waals surface area contributed by atoms with Crippen LogP contribution in [-0.4, -0.2) is 34.1 Å². The summed E-state index contributed by atoms with van der Waals surface area (Å²) in [6, 6.07) is 4.87. The average Bonchev–Trinajstić information content (AvgIpc) is 2.99. The first kappa shape index (κ1) is 21.5. The molecule has 0 saturated carbocycles. The lowest BCUT2D eigenvalue weighted by molar-refractivity contribution is -0.113. The number of thioether (sulfide) groups is 1. The number of fused-ring (bicyclic) bond motifs is 1. The van der Waals surface area contributed by atoms with E-state index in [0.29, 0.717) is 22.8 Å². The van der Waals surface area contributed by atoms with Crippen LogP contribution in [0.25, 0.3) is 10.2 Å². The molecule has 9 heteroatoms. The minimum absolute atomic E-state index is 0.175. The number of nitrogens with zero attached hydrogens (tertiary/aromatic N) is 2. The van der Waals surface area contributed by atoms with Crippen LogP contribution in [-0.2, 0) is 4.79 Å². The first-order chi connectivity index (χ1) is 13.9. The van der Waals surface area contributed by atoms with E-state index in [-0.39, 0.29) is 17.6 Å². The van der Waals surface area contributed by atoms with Crippen LogP contribution in [0.4, 0.5) is 5.69 Å². The molecule has 0 radical (unpaired) electrons. The van der Waals surface area contributed by atoms with Crippen LogP contribution in [0.3, 0.4) is 0 Å². The number of benzene rings is 1. The van der Waals surface area contributed by atoms with Crippen molar-refractivity contribution in [3.05, 3.63) is 45.6 Å². The zero-order valence-electron chi connectivity index (χ0n) is 16.3. The molecule has 0 aliphatic heterocycles. The van der Waals surface area contributed by atoms with Gasteiger partial charge in [-0.3, -0.25) is 9.59 Å². The molecule has 152 valence electrons. The number of aromatic nitrogens is 2. The number of nitrogens with one attached hydrogen (secondary N) is 2. The molecule has 0 aliphatic rings. The second-order valence-corrected chi connectivity index (χ2v) is 9.00. The normalized spacial score (nSPS) is 10.9. The highest BCUT2D eigenvalue weighted by Crippen LogP contribution is 2.34. The fourth-order valence-electron chi connectivity index (χ4n) is 2.70. The quantitative estimate of drug-likeness (QED) is 0.399. The maximum Gasteiger partial charge on any atom is 0.252 e. The number of anilines is 1. The van der Waals surface area contributed by atoms with E-state index in [1.54, 1.807) is 29.5 Å². The number of hydrogen-bond acceptors (Lipinski definition) is 6. The summed E-state index contributed by atoms with van der Waals surface area (Å²) < 4.78 is 0. The van der Waals surface area contributed by atoms with Crippen molar-refractivity contribution in [1.29, 1.82) is 0 Å². The highest BCUT2D eigenvalue weighted by Gasteiger charge is 2.15. The van der Waals surface area contributed by atoms with Gasteiger partial charge in [0.25, 0.3) is 5.91 Å². The second kappa shape index (κ2) is 9.56. The van der Waals surface area contributed by atoms with Gasteiger partial charge < -0.3 is 10.6 Å². The molecule has 2 N–H and O–H groups in total. The van der Waals surface area contributed by atoms with Gasteiger partial charge in [0.15, 0.2) is 0 Å². The minimum atomic E-state index is -0.223. The average molecular weight is 449 g/mol. The number of halogens is 1. The van der Waals surface area contributed by atoms with Gasteiger partial charge in [-0.2, -0.15) is 0 Å². The lowest BCUT2D eigenvalue weighted by Crippen LogP contribution is -2.24. The van der Waals surface area contributed by atoms with E-state index < -0.39 is 0 Å². The topological polar surface area (TPSA) is 84.0 Å². The molecule has 0 saturated heterocycles. The van der Waals surface area contributed by atoms with Crippen molar-refractivity contribution in [1.82, 2.24) is 15.3 Å². The van der Waals surface area contributed by atoms with E-state index in [2.05, 4.69) is 27.5 Å². The summed E-state index contributed by atoms with van der Waals surface area (Å²) in [4.78, 5) is 35.2. The number of thiophene rings is 1. The van der Waals surface area contributed by atoms with Gasteiger partial charge >= 0.3 is 0 Å². The maximum atomic E-state index is 12.4. The molecule has 0 aliphatic carbocycles. The first-order valence-electron chi connectivity index (χ1n) is 9.11. The predicted molar refractivity (Wildman–Crippen MR) is 120 cm³/mol. The van der Waals surface area contributed by atoms with Crippen LogP contribution in [0.5, 0.6) is 0 Å². The van der Waals surface area contributed by atoms with E-state index in [1.807, 2.05) is 13.8 Å². The summed E-state index contributed by atoms with van der Waals surface area (Å²) in [7, 11) is 0. The number of rotatable bonds is 7. The molecule has 3 aromatic rings. The third-order valence-electron chi connectivity index (χ3n) is 4.30. The number of amides is 2. The van der Waals surface area contributed by atoms with Gasteiger partial charge in [-0.1, -0.05) is 30.3 Å². The van der Waals surface area contributed by atoms with Gasteiger partial charge in [-0.25, -0.2) is 9.97 Å². The van der Waals surface area contributed by atoms with Crippen LogP contribution in [0.2, 0.25) is 5.02 Å². The van der Waals surface area contributed by atoms with E-state index in [4.69, 9.17) is 11.6 Å². The van der Waals surface area contributed by atoms with Crippen LogP contribution >= 0.6 is 34.7 Å². The van der Waals surface area contributed by atoms with E-state index >= 15 is 0 Å². The Morgan fingerprint density at radius 3 is 2.76 bits per heavy atom. The summed E-state index contributed by atoms with van der Waals surface area (Å²) in [5, 5.41) is 7.71. The van der Waals surface area contributed by atoms with Crippen molar-refractivity contribution in [3.8, 4) is 0 Å². The fraction of sp³-hybridized carbons (Fsp3) is 0.300. The Hall–Kier alpha value is -2.16. The SMILES string of the molecule is CCCNC(=O)c1ccc(NC(=O)CSc2ncnc3sc(C)c(C)c23)cc1Cl. The smallest absolute Gasteiger partial charge is 0.252 e. The lowest BCUT2D eigenvalue weighted by Gasteiger charge is -2.09. The summed E-state index contributed by atoms with van der Waals surface area (Å²) in [6.07, 6.45) is 2.37. The number of hydrogen-bond donors (Lipinski definition) is 2. The van der Waals surface area contributed by atoms with Crippen molar-refractivity contribution in [3.63, 3.8) is 0 Å². The van der Waals surface area contributed by atoms with E-state index in [1.165, 1.54) is 23.0 Å². The summed E-state index contributed by atoms with van der Waals surface area (Å²) in [6.45, 7) is 6.66.